The molecule has 0 amide bonds. The number of hydrogen-bond donors (Lipinski definition) is 1. The van der Waals surface area contributed by atoms with Crippen molar-refractivity contribution in [2.75, 3.05) is 6.54 Å². The first-order chi connectivity index (χ1) is 8.15. The zero-order valence-electron chi connectivity index (χ0n) is 10.8. The lowest BCUT2D eigenvalue weighted by molar-refractivity contribution is 0.481. The molecule has 1 atom stereocenters. The third kappa shape index (κ3) is 3.72. The lowest BCUT2D eigenvalue weighted by Crippen LogP contribution is -2.30. The molecule has 1 aromatic carbocycles. The van der Waals surface area contributed by atoms with Gasteiger partial charge >= 0.3 is 0 Å². The summed E-state index contributed by atoms with van der Waals surface area (Å²) < 4.78 is 0. The average molecular weight is 252 g/mol. The summed E-state index contributed by atoms with van der Waals surface area (Å²) >= 11 is 6.01. The second-order valence-corrected chi connectivity index (χ2v) is 5.94. The maximum Gasteiger partial charge on any atom is 0.0408 e. The molecular weight excluding hydrogens is 230 g/mol. The van der Waals surface area contributed by atoms with Crippen molar-refractivity contribution in [3.05, 3.63) is 34.3 Å². The third-order valence-corrected chi connectivity index (χ3v) is 3.73. The van der Waals surface area contributed by atoms with Gasteiger partial charge in [0.2, 0.25) is 0 Å². The fourth-order valence-electron chi connectivity index (χ4n) is 2.55. The SMILES string of the molecule is CC(C)CCCNC1Cc2ccc(Cl)cc2C1. The maximum atomic E-state index is 6.01. The van der Waals surface area contributed by atoms with Crippen LogP contribution in [0.1, 0.15) is 37.8 Å². The summed E-state index contributed by atoms with van der Waals surface area (Å²) in [5, 5.41) is 4.53. The van der Waals surface area contributed by atoms with Gasteiger partial charge in [-0.25, -0.2) is 0 Å². The minimum Gasteiger partial charge on any atom is -0.313 e. The number of fused-ring (bicyclic) bond motifs is 1. The molecule has 0 radical (unpaired) electrons. The molecule has 94 valence electrons. The molecule has 17 heavy (non-hydrogen) atoms. The van der Waals surface area contributed by atoms with Crippen molar-refractivity contribution < 1.29 is 0 Å². The highest BCUT2D eigenvalue weighted by Crippen LogP contribution is 2.25. The minimum atomic E-state index is 0.621. The smallest absolute Gasteiger partial charge is 0.0408 e. The summed E-state index contributed by atoms with van der Waals surface area (Å²) in [5.74, 6) is 0.816. The van der Waals surface area contributed by atoms with E-state index in [0.29, 0.717) is 6.04 Å². The fourth-order valence-corrected chi connectivity index (χ4v) is 2.74. The standard InChI is InChI=1S/C15H22ClN/c1-11(2)4-3-7-17-15-9-12-5-6-14(16)8-13(12)10-15/h5-6,8,11,15,17H,3-4,7,9-10H2,1-2H3. The Hall–Kier alpha value is -0.530. The summed E-state index contributed by atoms with van der Waals surface area (Å²) in [6.45, 7) is 5.71. The van der Waals surface area contributed by atoms with Gasteiger partial charge in [-0.2, -0.15) is 0 Å². The van der Waals surface area contributed by atoms with Crippen LogP contribution in [0.5, 0.6) is 0 Å². The van der Waals surface area contributed by atoms with E-state index in [1.54, 1.807) is 0 Å². The lowest BCUT2D eigenvalue weighted by atomic mass is 10.1. The molecule has 0 spiro atoms. The van der Waals surface area contributed by atoms with Gasteiger partial charge in [0.05, 0.1) is 0 Å². The van der Waals surface area contributed by atoms with Crippen LogP contribution in [0.2, 0.25) is 5.02 Å². The molecule has 2 rings (SSSR count). The van der Waals surface area contributed by atoms with Gasteiger partial charge in [0, 0.05) is 11.1 Å². The Balaban J connectivity index is 1.76. The van der Waals surface area contributed by atoms with Crippen LogP contribution >= 0.6 is 11.6 Å². The summed E-state index contributed by atoms with van der Waals surface area (Å²) in [6, 6.07) is 6.91. The van der Waals surface area contributed by atoms with Gasteiger partial charge in [-0.3, -0.25) is 0 Å². The highest BCUT2D eigenvalue weighted by molar-refractivity contribution is 6.30. The van der Waals surface area contributed by atoms with Crippen molar-refractivity contribution in [1.82, 2.24) is 5.32 Å². The normalized spacial score (nSPS) is 18.7. The molecule has 0 fully saturated rings. The zero-order valence-corrected chi connectivity index (χ0v) is 11.6. The first-order valence-corrected chi connectivity index (χ1v) is 7.03. The molecule has 1 nitrogen and oxygen atoms in total. The van der Waals surface area contributed by atoms with E-state index in [0.717, 1.165) is 30.3 Å². The maximum absolute atomic E-state index is 6.01. The van der Waals surface area contributed by atoms with Crippen molar-refractivity contribution in [3.63, 3.8) is 0 Å². The molecule has 1 aromatic rings. The van der Waals surface area contributed by atoms with Crippen LogP contribution in [-0.4, -0.2) is 12.6 Å². The molecule has 1 unspecified atom stereocenters. The van der Waals surface area contributed by atoms with E-state index < -0.39 is 0 Å². The predicted molar refractivity (Wildman–Crippen MR) is 74.7 cm³/mol. The van der Waals surface area contributed by atoms with Gasteiger partial charge in [-0.15, -0.1) is 0 Å². The van der Waals surface area contributed by atoms with Crippen LogP contribution in [0, 0.1) is 5.92 Å². The molecule has 0 heterocycles. The van der Waals surface area contributed by atoms with Crippen LogP contribution < -0.4 is 5.32 Å². The molecule has 0 aromatic heterocycles. The average Bonchev–Trinajstić information content (AvgIpc) is 2.66. The number of nitrogens with one attached hydrogen (secondary N) is 1. The second-order valence-electron chi connectivity index (χ2n) is 5.51. The van der Waals surface area contributed by atoms with Gasteiger partial charge in [0.15, 0.2) is 0 Å². The Morgan fingerprint density at radius 3 is 2.82 bits per heavy atom. The van der Waals surface area contributed by atoms with Gasteiger partial charge in [0.1, 0.15) is 0 Å². The first kappa shape index (κ1) is 12.9. The van der Waals surface area contributed by atoms with E-state index in [1.165, 1.54) is 24.0 Å². The van der Waals surface area contributed by atoms with Crippen molar-refractivity contribution in [2.45, 2.75) is 45.6 Å². The van der Waals surface area contributed by atoms with Gasteiger partial charge in [0.25, 0.3) is 0 Å². The van der Waals surface area contributed by atoms with E-state index >= 15 is 0 Å². The van der Waals surface area contributed by atoms with Crippen molar-refractivity contribution in [1.29, 1.82) is 0 Å². The number of benzene rings is 1. The molecule has 1 N–H and O–H groups in total. The Morgan fingerprint density at radius 1 is 1.29 bits per heavy atom. The predicted octanol–water partition coefficient (Wildman–Crippen LogP) is 3.83. The van der Waals surface area contributed by atoms with E-state index in [-0.39, 0.29) is 0 Å². The van der Waals surface area contributed by atoms with Crippen LogP contribution in [0.4, 0.5) is 0 Å². The molecule has 0 saturated heterocycles. The largest absolute Gasteiger partial charge is 0.313 e. The molecule has 0 aliphatic heterocycles. The summed E-state index contributed by atoms with van der Waals surface area (Å²) in [5.41, 5.74) is 2.90. The van der Waals surface area contributed by atoms with E-state index in [1.807, 2.05) is 6.07 Å². The van der Waals surface area contributed by atoms with E-state index in [9.17, 15) is 0 Å². The fraction of sp³-hybridized carbons (Fsp3) is 0.600. The molecule has 0 bridgehead atoms. The highest BCUT2D eigenvalue weighted by Gasteiger charge is 2.20. The van der Waals surface area contributed by atoms with Gasteiger partial charge in [-0.1, -0.05) is 31.5 Å². The van der Waals surface area contributed by atoms with Gasteiger partial charge < -0.3 is 5.32 Å². The van der Waals surface area contributed by atoms with Crippen molar-refractivity contribution in [3.8, 4) is 0 Å². The molecular formula is C15H22ClN. The van der Waals surface area contributed by atoms with Crippen molar-refractivity contribution in [2.24, 2.45) is 5.92 Å². The minimum absolute atomic E-state index is 0.621. The summed E-state index contributed by atoms with van der Waals surface area (Å²) in [6.07, 6.45) is 4.90. The Morgan fingerprint density at radius 2 is 2.06 bits per heavy atom. The molecule has 1 aliphatic carbocycles. The summed E-state index contributed by atoms with van der Waals surface area (Å²) in [7, 11) is 0. The Kier molecular flexibility index (Phi) is 4.47. The van der Waals surface area contributed by atoms with E-state index in [2.05, 4.69) is 31.3 Å². The first-order valence-electron chi connectivity index (χ1n) is 6.66. The number of rotatable bonds is 5. The quantitative estimate of drug-likeness (QED) is 0.785. The van der Waals surface area contributed by atoms with Gasteiger partial charge in [-0.05, 0) is 61.4 Å². The zero-order chi connectivity index (χ0) is 12.3. The highest BCUT2D eigenvalue weighted by atomic mass is 35.5. The Labute approximate surface area is 110 Å². The van der Waals surface area contributed by atoms with Crippen LogP contribution in [0.25, 0.3) is 0 Å². The lowest BCUT2D eigenvalue weighted by Gasteiger charge is -2.12. The van der Waals surface area contributed by atoms with Crippen LogP contribution in [0.3, 0.4) is 0 Å². The topological polar surface area (TPSA) is 12.0 Å². The third-order valence-electron chi connectivity index (χ3n) is 3.49. The number of hydrogen-bond acceptors (Lipinski definition) is 1. The Bertz CT molecular complexity index is 373. The van der Waals surface area contributed by atoms with Crippen LogP contribution in [0.15, 0.2) is 18.2 Å². The second kappa shape index (κ2) is 5.88. The van der Waals surface area contributed by atoms with E-state index in [4.69, 9.17) is 11.6 Å². The summed E-state index contributed by atoms with van der Waals surface area (Å²) in [4.78, 5) is 0. The number of halogens is 1. The molecule has 2 heteroatoms. The van der Waals surface area contributed by atoms with Crippen LogP contribution in [-0.2, 0) is 12.8 Å². The molecule has 0 saturated carbocycles. The monoisotopic (exact) mass is 251 g/mol. The van der Waals surface area contributed by atoms with Crippen molar-refractivity contribution >= 4 is 11.6 Å². The molecule has 1 aliphatic rings.